The number of aromatic hydroxyl groups is 1. The summed E-state index contributed by atoms with van der Waals surface area (Å²) in [6, 6.07) is 11.9. The first-order valence-electron chi connectivity index (χ1n) is 13.0. The molecule has 11 heteroatoms. The van der Waals surface area contributed by atoms with Crippen molar-refractivity contribution in [1.29, 1.82) is 5.26 Å². The Morgan fingerprint density at radius 2 is 1.80 bits per heavy atom. The van der Waals surface area contributed by atoms with Gasteiger partial charge < -0.3 is 5.11 Å². The third kappa shape index (κ3) is 5.74. The minimum Gasteiger partial charge on any atom is -0.493 e. The molecule has 0 amide bonds. The smallest absolute Gasteiger partial charge is 0.296 e. The summed E-state index contributed by atoms with van der Waals surface area (Å²) in [6.45, 7) is 5.23. The molecule has 41 heavy (non-hydrogen) atoms. The van der Waals surface area contributed by atoms with E-state index in [0.29, 0.717) is 23.1 Å². The lowest BCUT2D eigenvalue weighted by Crippen LogP contribution is -2.27. The van der Waals surface area contributed by atoms with Gasteiger partial charge in [-0.05, 0) is 72.9 Å². The fourth-order valence-electron chi connectivity index (χ4n) is 4.81. The van der Waals surface area contributed by atoms with Gasteiger partial charge in [0.05, 0.1) is 22.6 Å². The maximum Gasteiger partial charge on any atom is 0.296 e. The third-order valence-corrected chi connectivity index (χ3v) is 8.69. The molecular weight excluding hydrogens is 550 g/mol. The van der Waals surface area contributed by atoms with Crippen molar-refractivity contribution < 1.29 is 22.3 Å². The van der Waals surface area contributed by atoms with Crippen LogP contribution in [0.4, 0.5) is 8.78 Å². The minimum atomic E-state index is -4.58. The van der Waals surface area contributed by atoms with Crippen LogP contribution in [0.1, 0.15) is 61.7 Å². The van der Waals surface area contributed by atoms with Crippen LogP contribution in [0.15, 0.2) is 69.3 Å². The fraction of sp³-hybridized carbons (Fsp3) is 0.267. The van der Waals surface area contributed by atoms with Gasteiger partial charge in [0.25, 0.3) is 5.56 Å². The Morgan fingerprint density at radius 1 is 1.10 bits per heavy atom. The van der Waals surface area contributed by atoms with Crippen molar-refractivity contribution in [1.82, 2.24) is 14.5 Å². The molecule has 0 bridgehead atoms. The second-order valence-corrected chi connectivity index (χ2v) is 11.5. The molecule has 0 aliphatic heterocycles. The molecule has 0 saturated carbocycles. The first-order valence-corrected chi connectivity index (χ1v) is 14.5. The standard InChI is InChI=1S/C30H28F2N4O4S/c1-4-6-7-26-35-29(37)27(30(38)36(26)25(5-2)21-14-19(17-33)15-22(31)16-21)41(39,40)23-10-8-20(9-11-23)24-12-13-34-28(32)18(24)3/h8-16,25,38H,4-7H2,1-3H3/t25-/m0/s1. The zero-order valence-electron chi connectivity index (χ0n) is 22.7. The summed E-state index contributed by atoms with van der Waals surface area (Å²) in [5, 5.41) is 20.8. The Bertz CT molecular complexity index is 1810. The van der Waals surface area contributed by atoms with Crippen molar-refractivity contribution in [3.05, 3.63) is 99.4 Å². The topological polar surface area (TPSA) is 126 Å². The van der Waals surface area contributed by atoms with Gasteiger partial charge in [0.2, 0.25) is 21.7 Å². The molecule has 8 nitrogen and oxygen atoms in total. The number of aryl methyl sites for hydroxylation is 1. The number of rotatable bonds is 9. The lowest BCUT2D eigenvalue weighted by Gasteiger charge is -2.25. The van der Waals surface area contributed by atoms with E-state index in [1.807, 2.05) is 13.0 Å². The van der Waals surface area contributed by atoms with Gasteiger partial charge in [0.15, 0.2) is 4.90 Å². The number of unbranched alkanes of at least 4 members (excludes halogenated alkanes) is 1. The first-order chi connectivity index (χ1) is 19.5. The summed E-state index contributed by atoms with van der Waals surface area (Å²) in [4.78, 5) is 19.6. The number of halogens is 2. The van der Waals surface area contributed by atoms with Crippen LogP contribution in [0.3, 0.4) is 0 Å². The van der Waals surface area contributed by atoms with Gasteiger partial charge in [-0.2, -0.15) is 14.6 Å². The average molecular weight is 579 g/mol. The normalized spacial score (nSPS) is 12.2. The molecule has 0 aliphatic rings. The van der Waals surface area contributed by atoms with Gasteiger partial charge in [0, 0.05) is 18.2 Å². The molecule has 2 aromatic carbocycles. The average Bonchev–Trinajstić information content (AvgIpc) is 2.94. The van der Waals surface area contributed by atoms with E-state index in [0.717, 1.165) is 12.5 Å². The molecule has 0 saturated heterocycles. The van der Waals surface area contributed by atoms with E-state index in [-0.39, 0.29) is 34.7 Å². The van der Waals surface area contributed by atoms with Gasteiger partial charge in [0.1, 0.15) is 11.6 Å². The molecule has 0 radical (unpaired) electrons. The maximum atomic E-state index is 14.4. The van der Waals surface area contributed by atoms with Crippen LogP contribution in [0.2, 0.25) is 0 Å². The summed E-state index contributed by atoms with van der Waals surface area (Å²) in [6.07, 6.45) is 3.16. The van der Waals surface area contributed by atoms with Crippen molar-refractivity contribution in [2.75, 3.05) is 0 Å². The van der Waals surface area contributed by atoms with E-state index in [1.165, 1.54) is 47.2 Å². The zero-order chi connectivity index (χ0) is 29.9. The second kappa shape index (κ2) is 12.0. The van der Waals surface area contributed by atoms with E-state index in [4.69, 9.17) is 0 Å². The molecule has 0 fully saturated rings. The Balaban J connectivity index is 1.89. The lowest BCUT2D eigenvalue weighted by molar-refractivity contribution is 0.358. The number of nitrogens with zero attached hydrogens (tertiary/aromatic N) is 4. The maximum absolute atomic E-state index is 14.4. The zero-order valence-corrected chi connectivity index (χ0v) is 23.5. The number of pyridine rings is 1. The van der Waals surface area contributed by atoms with Gasteiger partial charge in [-0.3, -0.25) is 9.36 Å². The lowest BCUT2D eigenvalue weighted by atomic mass is 10.0. The highest BCUT2D eigenvalue weighted by Crippen LogP contribution is 2.34. The number of benzene rings is 2. The van der Waals surface area contributed by atoms with Crippen molar-refractivity contribution in [2.24, 2.45) is 0 Å². The molecule has 4 aromatic rings. The van der Waals surface area contributed by atoms with Crippen LogP contribution < -0.4 is 5.56 Å². The van der Waals surface area contributed by atoms with E-state index < -0.39 is 44.0 Å². The van der Waals surface area contributed by atoms with Crippen molar-refractivity contribution in [2.45, 2.75) is 62.3 Å². The van der Waals surface area contributed by atoms with Gasteiger partial charge >= 0.3 is 0 Å². The fourth-order valence-corrected chi connectivity index (χ4v) is 6.16. The number of aromatic nitrogens is 3. The van der Waals surface area contributed by atoms with Crippen LogP contribution in [0.5, 0.6) is 5.88 Å². The van der Waals surface area contributed by atoms with E-state index in [9.17, 15) is 32.4 Å². The van der Waals surface area contributed by atoms with Crippen LogP contribution in [0.25, 0.3) is 11.1 Å². The number of hydrogen-bond acceptors (Lipinski definition) is 7. The Morgan fingerprint density at radius 3 is 2.44 bits per heavy atom. The Labute approximate surface area is 236 Å². The highest BCUT2D eigenvalue weighted by Gasteiger charge is 2.32. The summed E-state index contributed by atoms with van der Waals surface area (Å²) >= 11 is 0. The number of hydrogen-bond donors (Lipinski definition) is 1. The van der Waals surface area contributed by atoms with Crippen LogP contribution in [0, 0.1) is 30.0 Å². The molecule has 4 rings (SSSR count). The molecule has 0 unspecified atom stereocenters. The molecule has 2 heterocycles. The van der Waals surface area contributed by atoms with Gasteiger partial charge in [-0.25, -0.2) is 17.8 Å². The Kier molecular flexibility index (Phi) is 8.63. The number of sulfone groups is 1. The molecule has 212 valence electrons. The number of nitriles is 1. The third-order valence-electron chi connectivity index (χ3n) is 6.91. The van der Waals surface area contributed by atoms with E-state index >= 15 is 0 Å². The first kappa shape index (κ1) is 29.6. The van der Waals surface area contributed by atoms with Crippen LogP contribution in [-0.2, 0) is 16.3 Å². The SMILES string of the molecule is CCCCc1nc(=O)c(S(=O)(=O)c2ccc(-c3ccnc(F)c3C)cc2)c(O)n1[C@@H](CC)c1cc(F)cc(C#N)c1. The monoisotopic (exact) mass is 578 g/mol. The van der Waals surface area contributed by atoms with Gasteiger partial charge in [-0.1, -0.05) is 32.4 Å². The molecule has 2 aromatic heterocycles. The van der Waals surface area contributed by atoms with Crippen molar-refractivity contribution in [3.8, 4) is 23.1 Å². The Hall–Kier alpha value is -4.43. The molecule has 0 spiro atoms. The predicted octanol–water partition coefficient (Wildman–Crippen LogP) is 5.64. The van der Waals surface area contributed by atoms with E-state index in [2.05, 4.69) is 9.97 Å². The van der Waals surface area contributed by atoms with Crippen molar-refractivity contribution in [3.63, 3.8) is 0 Å². The molecule has 1 atom stereocenters. The predicted molar refractivity (Wildman–Crippen MR) is 148 cm³/mol. The van der Waals surface area contributed by atoms with Gasteiger partial charge in [-0.15, -0.1) is 0 Å². The highest BCUT2D eigenvalue weighted by atomic mass is 32.2. The summed E-state index contributed by atoms with van der Waals surface area (Å²) < 4.78 is 57.1. The van der Waals surface area contributed by atoms with Crippen LogP contribution in [-0.4, -0.2) is 28.1 Å². The second-order valence-electron chi connectivity index (χ2n) is 9.57. The van der Waals surface area contributed by atoms with E-state index in [1.54, 1.807) is 19.9 Å². The largest absolute Gasteiger partial charge is 0.493 e. The van der Waals surface area contributed by atoms with Crippen molar-refractivity contribution >= 4 is 9.84 Å². The summed E-state index contributed by atoms with van der Waals surface area (Å²) in [7, 11) is -4.58. The summed E-state index contributed by atoms with van der Waals surface area (Å²) in [5.74, 6) is -1.99. The molecule has 0 aliphatic carbocycles. The summed E-state index contributed by atoms with van der Waals surface area (Å²) in [5.41, 5.74) is 0.592. The molecular formula is C30H28F2N4O4S. The van der Waals surface area contributed by atoms with Crippen LogP contribution >= 0.6 is 0 Å². The highest BCUT2D eigenvalue weighted by molar-refractivity contribution is 7.91. The quantitative estimate of drug-likeness (QED) is 0.255. The molecule has 1 N–H and O–H groups in total. The minimum absolute atomic E-state index is 0.0549.